The summed E-state index contributed by atoms with van der Waals surface area (Å²) in [5.41, 5.74) is 1.72. The molecule has 13 heavy (non-hydrogen) atoms. The molecule has 2 rings (SSSR count). The molecule has 5 heteroatoms. The van der Waals surface area contributed by atoms with Crippen molar-refractivity contribution in [3.63, 3.8) is 0 Å². The maximum Gasteiger partial charge on any atom is 0.152 e. The van der Waals surface area contributed by atoms with E-state index in [1.807, 2.05) is 19.3 Å². The topological polar surface area (TPSA) is 43.6 Å². The molecule has 0 spiro atoms. The summed E-state index contributed by atoms with van der Waals surface area (Å²) in [5, 5.41) is 12.0. The van der Waals surface area contributed by atoms with Gasteiger partial charge in [0.1, 0.15) is 0 Å². The molecule has 0 aliphatic carbocycles. The van der Waals surface area contributed by atoms with E-state index in [4.69, 9.17) is 11.6 Å². The first-order valence-electron chi connectivity index (χ1n) is 3.74. The number of aromatic nitrogens is 4. The van der Waals surface area contributed by atoms with E-state index in [1.54, 1.807) is 16.9 Å². The first-order valence-corrected chi connectivity index (χ1v) is 4.12. The monoisotopic (exact) mass is 194 g/mol. The van der Waals surface area contributed by atoms with Crippen molar-refractivity contribution in [1.82, 2.24) is 20.0 Å². The normalized spacial score (nSPS) is 10.3. The summed E-state index contributed by atoms with van der Waals surface area (Å²) < 4.78 is 1.73. The Hall–Kier alpha value is -1.42. The van der Waals surface area contributed by atoms with Crippen molar-refractivity contribution in [2.24, 2.45) is 7.05 Å². The Morgan fingerprint density at radius 3 is 2.92 bits per heavy atom. The second-order valence-corrected chi connectivity index (χ2v) is 3.03. The fraction of sp³-hybridized carbons (Fsp3) is 0.125. The summed E-state index contributed by atoms with van der Waals surface area (Å²) in [6, 6.07) is 3.63. The Kier molecular flexibility index (Phi) is 1.98. The van der Waals surface area contributed by atoms with Crippen LogP contribution >= 0.6 is 11.6 Å². The molecule has 0 radical (unpaired) electrons. The fourth-order valence-corrected chi connectivity index (χ4v) is 1.21. The van der Waals surface area contributed by atoms with Gasteiger partial charge in [-0.1, -0.05) is 11.6 Å². The molecule has 2 heterocycles. The standard InChI is InChI=1S/C8H7ClN4/c1-13-3-2-7(12-13)6-4-8(9)11-10-5-6/h2-5H,1H3. The summed E-state index contributed by atoms with van der Waals surface area (Å²) in [4.78, 5) is 0. The van der Waals surface area contributed by atoms with E-state index in [2.05, 4.69) is 15.3 Å². The highest BCUT2D eigenvalue weighted by molar-refractivity contribution is 6.29. The van der Waals surface area contributed by atoms with Crippen LogP contribution in [0.3, 0.4) is 0 Å². The predicted molar refractivity (Wildman–Crippen MR) is 49.2 cm³/mol. The molecule has 0 aromatic carbocycles. The first kappa shape index (κ1) is 8.19. The Bertz CT molecular complexity index is 424. The minimum atomic E-state index is 0.378. The van der Waals surface area contributed by atoms with E-state index in [0.29, 0.717) is 5.15 Å². The Morgan fingerprint density at radius 2 is 2.31 bits per heavy atom. The lowest BCUT2D eigenvalue weighted by Gasteiger charge is -1.94. The molecule has 0 saturated heterocycles. The van der Waals surface area contributed by atoms with Crippen molar-refractivity contribution >= 4 is 11.6 Å². The minimum Gasteiger partial charge on any atom is -0.275 e. The zero-order chi connectivity index (χ0) is 9.26. The average molecular weight is 195 g/mol. The van der Waals surface area contributed by atoms with Crippen molar-refractivity contribution in [3.8, 4) is 11.3 Å². The van der Waals surface area contributed by atoms with Gasteiger partial charge in [0.2, 0.25) is 0 Å². The Labute approximate surface area is 80.2 Å². The van der Waals surface area contributed by atoms with Crippen molar-refractivity contribution < 1.29 is 0 Å². The van der Waals surface area contributed by atoms with Gasteiger partial charge in [0.15, 0.2) is 5.15 Å². The lowest BCUT2D eigenvalue weighted by molar-refractivity contribution is 0.770. The molecule has 0 fully saturated rings. The highest BCUT2D eigenvalue weighted by atomic mass is 35.5. The molecule has 0 bridgehead atoms. The van der Waals surface area contributed by atoms with Crippen LogP contribution in [0.2, 0.25) is 5.15 Å². The van der Waals surface area contributed by atoms with Crippen LogP contribution in [0.5, 0.6) is 0 Å². The fourth-order valence-electron chi connectivity index (χ4n) is 1.05. The van der Waals surface area contributed by atoms with Crippen molar-refractivity contribution in [3.05, 3.63) is 29.7 Å². The number of hydrogen-bond acceptors (Lipinski definition) is 3. The van der Waals surface area contributed by atoms with E-state index < -0.39 is 0 Å². The van der Waals surface area contributed by atoms with Crippen LogP contribution in [0, 0.1) is 0 Å². The average Bonchev–Trinajstić information content (AvgIpc) is 2.52. The summed E-state index contributed by atoms with van der Waals surface area (Å²) in [6.07, 6.45) is 3.50. The largest absolute Gasteiger partial charge is 0.275 e. The highest BCUT2D eigenvalue weighted by Crippen LogP contribution is 2.17. The van der Waals surface area contributed by atoms with Gasteiger partial charge in [0.25, 0.3) is 0 Å². The van der Waals surface area contributed by atoms with Gasteiger partial charge in [-0.3, -0.25) is 4.68 Å². The van der Waals surface area contributed by atoms with Crippen LogP contribution in [0.4, 0.5) is 0 Å². The van der Waals surface area contributed by atoms with Gasteiger partial charge >= 0.3 is 0 Å². The van der Waals surface area contributed by atoms with Crippen LogP contribution in [-0.4, -0.2) is 20.0 Å². The summed E-state index contributed by atoms with van der Waals surface area (Å²) in [6.45, 7) is 0. The zero-order valence-corrected chi connectivity index (χ0v) is 7.73. The van der Waals surface area contributed by atoms with E-state index in [9.17, 15) is 0 Å². The van der Waals surface area contributed by atoms with Gasteiger partial charge in [0, 0.05) is 18.8 Å². The minimum absolute atomic E-state index is 0.378. The lowest BCUT2D eigenvalue weighted by Crippen LogP contribution is -1.89. The molecule has 0 aliphatic rings. The van der Waals surface area contributed by atoms with Gasteiger partial charge in [0.05, 0.1) is 11.9 Å². The Balaban J connectivity index is 2.46. The molecule has 0 unspecified atom stereocenters. The molecule has 2 aromatic rings. The Morgan fingerprint density at radius 1 is 1.46 bits per heavy atom. The number of hydrogen-bond donors (Lipinski definition) is 0. The van der Waals surface area contributed by atoms with Crippen LogP contribution in [0.25, 0.3) is 11.3 Å². The molecule has 66 valence electrons. The van der Waals surface area contributed by atoms with Gasteiger partial charge in [-0.2, -0.15) is 10.2 Å². The van der Waals surface area contributed by atoms with Gasteiger partial charge < -0.3 is 0 Å². The summed E-state index contributed by atoms with van der Waals surface area (Å²) >= 11 is 5.69. The second-order valence-electron chi connectivity index (χ2n) is 2.64. The summed E-state index contributed by atoms with van der Waals surface area (Å²) in [5.74, 6) is 0. The molecular weight excluding hydrogens is 188 g/mol. The number of rotatable bonds is 1. The third kappa shape index (κ3) is 1.67. The second kappa shape index (κ2) is 3.14. The van der Waals surface area contributed by atoms with Gasteiger partial charge in [-0.25, -0.2) is 0 Å². The predicted octanol–water partition coefficient (Wildman–Crippen LogP) is 1.53. The van der Waals surface area contributed by atoms with Gasteiger partial charge in [-0.15, -0.1) is 5.10 Å². The van der Waals surface area contributed by atoms with Crippen LogP contribution in [-0.2, 0) is 7.05 Å². The molecule has 0 aliphatic heterocycles. The smallest absolute Gasteiger partial charge is 0.152 e. The van der Waals surface area contributed by atoms with E-state index in [0.717, 1.165) is 11.3 Å². The van der Waals surface area contributed by atoms with E-state index >= 15 is 0 Å². The lowest BCUT2D eigenvalue weighted by atomic mass is 10.2. The third-order valence-corrected chi connectivity index (χ3v) is 1.82. The first-order chi connectivity index (χ1) is 6.25. The van der Waals surface area contributed by atoms with Gasteiger partial charge in [-0.05, 0) is 12.1 Å². The SMILES string of the molecule is Cn1ccc(-c2cnnc(Cl)c2)n1. The quantitative estimate of drug-likeness (QED) is 0.692. The van der Waals surface area contributed by atoms with Crippen molar-refractivity contribution in [1.29, 1.82) is 0 Å². The molecule has 0 atom stereocenters. The molecule has 0 N–H and O–H groups in total. The number of halogens is 1. The number of nitrogens with zero attached hydrogens (tertiary/aromatic N) is 4. The zero-order valence-electron chi connectivity index (χ0n) is 6.98. The molecule has 2 aromatic heterocycles. The molecule has 0 saturated carbocycles. The van der Waals surface area contributed by atoms with E-state index in [1.165, 1.54) is 0 Å². The van der Waals surface area contributed by atoms with Crippen LogP contribution < -0.4 is 0 Å². The molecular formula is C8H7ClN4. The van der Waals surface area contributed by atoms with Crippen molar-refractivity contribution in [2.75, 3.05) is 0 Å². The maximum absolute atomic E-state index is 5.69. The highest BCUT2D eigenvalue weighted by Gasteiger charge is 2.02. The maximum atomic E-state index is 5.69. The van der Waals surface area contributed by atoms with Crippen LogP contribution in [0.1, 0.15) is 0 Å². The molecule has 0 amide bonds. The van der Waals surface area contributed by atoms with E-state index in [-0.39, 0.29) is 0 Å². The van der Waals surface area contributed by atoms with Crippen LogP contribution in [0.15, 0.2) is 24.5 Å². The summed E-state index contributed by atoms with van der Waals surface area (Å²) in [7, 11) is 1.86. The molecule has 4 nitrogen and oxygen atoms in total. The van der Waals surface area contributed by atoms with Crippen molar-refractivity contribution in [2.45, 2.75) is 0 Å². The third-order valence-electron chi connectivity index (χ3n) is 1.63. The number of aryl methyl sites for hydroxylation is 1.